The molecule has 0 fully saturated rings. The van der Waals surface area contributed by atoms with Crippen LogP contribution in [-0.2, 0) is 6.54 Å². The second kappa shape index (κ2) is 9.96. The summed E-state index contributed by atoms with van der Waals surface area (Å²) in [7, 11) is 1.62. The van der Waals surface area contributed by atoms with Crippen LogP contribution in [0.15, 0.2) is 65.5 Å². The number of nitriles is 1. The number of hydrogen-bond acceptors (Lipinski definition) is 7. The average Bonchev–Trinajstić information content (AvgIpc) is 2.87. The van der Waals surface area contributed by atoms with Crippen molar-refractivity contribution in [2.45, 2.75) is 26.3 Å². The fraction of sp³-hybridized carbons (Fsp3) is 0.192. The van der Waals surface area contributed by atoms with Gasteiger partial charge in [-0.25, -0.2) is 15.1 Å². The second-order valence-corrected chi connectivity index (χ2v) is 7.99. The molecule has 0 unspecified atom stereocenters. The molecule has 4 rings (SSSR count). The zero-order valence-electron chi connectivity index (χ0n) is 19.2. The number of ether oxygens (including phenoxy) is 1. The van der Waals surface area contributed by atoms with Crippen molar-refractivity contribution in [3.05, 3.63) is 87.8 Å². The first kappa shape index (κ1) is 22.7. The van der Waals surface area contributed by atoms with E-state index in [1.807, 2.05) is 68.4 Å². The quantitative estimate of drug-likeness (QED) is 0.424. The molecule has 170 valence electrons. The Labute approximate surface area is 197 Å². The number of rotatable bonds is 7. The highest BCUT2D eigenvalue weighted by atomic mass is 16.5. The lowest BCUT2D eigenvalue weighted by Gasteiger charge is -2.16. The number of nitrogens with one attached hydrogen (secondary N) is 2. The van der Waals surface area contributed by atoms with E-state index < -0.39 is 0 Å². The molecular formula is C26H24N6O2. The number of methoxy groups -OCH3 is 1. The molecule has 8 heteroatoms. The molecule has 0 aliphatic heterocycles. The molecule has 0 spiro atoms. The fourth-order valence-electron chi connectivity index (χ4n) is 3.58. The van der Waals surface area contributed by atoms with E-state index >= 15 is 0 Å². The van der Waals surface area contributed by atoms with Crippen molar-refractivity contribution in [3.8, 4) is 34.5 Å². The largest absolute Gasteiger partial charge is 0.497 e. The van der Waals surface area contributed by atoms with Gasteiger partial charge in [-0.15, -0.1) is 0 Å². The first-order valence-electron chi connectivity index (χ1n) is 10.8. The Kier molecular flexibility index (Phi) is 6.64. The van der Waals surface area contributed by atoms with Crippen LogP contribution >= 0.6 is 0 Å². The molecule has 0 bridgehead atoms. The highest BCUT2D eigenvalue weighted by Gasteiger charge is 2.21. The molecule has 0 aliphatic rings. The first-order chi connectivity index (χ1) is 16.5. The minimum atomic E-state index is -0.292. The maximum atomic E-state index is 11.9. The van der Waals surface area contributed by atoms with Crippen molar-refractivity contribution in [2.24, 2.45) is 0 Å². The third kappa shape index (κ3) is 4.79. The molecule has 2 heterocycles. The summed E-state index contributed by atoms with van der Waals surface area (Å²) in [6.07, 6.45) is 0. The van der Waals surface area contributed by atoms with Crippen molar-refractivity contribution >= 4 is 5.82 Å². The Morgan fingerprint density at radius 1 is 1.03 bits per heavy atom. The Morgan fingerprint density at radius 2 is 1.76 bits per heavy atom. The van der Waals surface area contributed by atoms with E-state index in [-0.39, 0.29) is 17.2 Å². The lowest BCUT2D eigenvalue weighted by atomic mass is 9.98. The van der Waals surface area contributed by atoms with Crippen LogP contribution in [0.3, 0.4) is 0 Å². The summed E-state index contributed by atoms with van der Waals surface area (Å²) >= 11 is 0. The summed E-state index contributed by atoms with van der Waals surface area (Å²) in [5, 5.41) is 19.9. The molecule has 2 aromatic heterocycles. The summed E-state index contributed by atoms with van der Waals surface area (Å²) in [4.78, 5) is 21.4. The van der Waals surface area contributed by atoms with Crippen LogP contribution < -0.4 is 15.6 Å². The van der Waals surface area contributed by atoms with E-state index in [1.165, 1.54) is 6.07 Å². The van der Waals surface area contributed by atoms with Crippen LogP contribution in [0.2, 0.25) is 0 Å². The van der Waals surface area contributed by atoms with Gasteiger partial charge in [0.2, 0.25) is 0 Å². The van der Waals surface area contributed by atoms with Crippen LogP contribution in [0.5, 0.6) is 5.75 Å². The lowest BCUT2D eigenvalue weighted by molar-refractivity contribution is 0.414. The van der Waals surface area contributed by atoms with Gasteiger partial charge in [-0.3, -0.25) is 4.79 Å². The van der Waals surface area contributed by atoms with Gasteiger partial charge in [-0.05, 0) is 29.2 Å². The van der Waals surface area contributed by atoms with Crippen LogP contribution in [0.4, 0.5) is 5.82 Å². The molecule has 2 N–H and O–H groups in total. The van der Waals surface area contributed by atoms with Crippen molar-refractivity contribution in [1.82, 2.24) is 20.2 Å². The monoisotopic (exact) mass is 452 g/mol. The molecule has 4 aromatic rings. The number of hydrogen-bond donors (Lipinski definition) is 2. The fourth-order valence-corrected chi connectivity index (χ4v) is 3.58. The highest BCUT2D eigenvalue weighted by Crippen LogP contribution is 2.33. The summed E-state index contributed by atoms with van der Waals surface area (Å²) in [5.41, 5.74) is 3.92. The predicted octanol–water partition coefficient (Wildman–Crippen LogP) is 4.51. The van der Waals surface area contributed by atoms with Crippen LogP contribution in [0.1, 0.15) is 36.6 Å². The number of H-pyrrole nitrogens is 1. The summed E-state index contributed by atoms with van der Waals surface area (Å²) in [6.45, 7) is 4.41. The molecule has 0 atom stereocenters. The van der Waals surface area contributed by atoms with E-state index in [1.54, 1.807) is 7.11 Å². The van der Waals surface area contributed by atoms with E-state index in [4.69, 9.17) is 9.72 Å². The van der Waals surface area contributed by atoms with Crippen molar-refractivity contribution in [3.63, 3.8) is 0 Å². The van der Waals surface area contributed by atoms with Gasteiger partial charge in [0.05, 0.1) is 7.11 Å². The lowest BCUT2D eigenvalue weighted by Crippen LogP contribution is -2.13. The molecule has 34 heavy (non-hydrogen) atoms. The predicted molar refractivity (Wildman–Crippen MR) is 130 cm³/mol. The van der Waals surface area contributed by atoms with Crippen LogP contribution in [-0.4, -0.2) is 27.3 Å². The third-order valence-electron chi connectivity index (χ3n) is 5.35. The van der Waals surface area contributed by atoms with Crippen LogP contribution in [0, 0.1) is 11.3 Å². The van der Waals surface area contributed by atoms with Gasteiger partial charge in [-0.1, -0.05) is 56.3 Å². The van der Waals surface area contributed by atoms with Gasteiger partial charge in [0.1, 0.15) is 28.9 Å². The Balaban J connectivity index is 1.83. The molecule has 2 aromatic carbocycles. The molecule has 0 amide bonds. The topological polar surface area (TPSA) is 117 Å². The Hall–Kier alpha value is -4.51. The van der Waals surface area contributed by atoms with Gasteiger partial charge in [-0.2, -0.15) is 10.4 Å². The number of nitrogens with zero attached hydrogens (tertiary/aromatic N) is 4. The molecule has 0 aliphatic carbocycles. The molecule has 0 radical (unpaired) electrons. The van der Waals surface area contributed by atoms with E-state index in [0.717, 1.165) is 22.4 Å². The van der Waals surface area contributed by atoms with E-state index in [2.05, 4.69) is 26.6 Å². The number of aromatic amines is 1. The first-order valence-corrected chi connectivity index (χ1v) is 10.8. The number of aromatic nitrogens is 4. The van der Waals surface area contributed by atoms with Crippen molar-refractivity contribution < 1.29 is 4.74 Å². The Bertz CT molecular complexity index is 1390. The standard InChI is InChI=1S/C26H24N6O2/c1-16(2)20-13-22(33)31-32-24(20)25-23(18-7-5-4-6-8-18)30-26(21(14-27)29-25)28-15-17-9-11-19(34-3)12-10-17/h4-13,16H,15H2,1-3H3,(H,28,30)(H,31,33). The zero-order chi connectivity index (χ0) is 24.1. The minimum Gasteiger partial charge on any atom is -0.497 e. The van der Waals surface area contributed by atoms with E-state index in [9.17, 15) is 10.1 Å². The maximum Gasteiger partial charge on any atom is 0.264 e. The maximum absolute atomic E-state index is 11.9. The number of anilines is 1. The van der Waals surface area contributed by atoms with E-state index in [0.29, 0.717) is 29.4 Å². The van der Waals surface area contributed by atoms with Crippen molar-refractivity contribution in [1.29, 1.82) is 5.26 Å². The van der Waals surface area contributed by atoms with Gasteiger partial charge in [0.25, 0.3) is 5.56 Å². The van der Waals surface area contributed by atoms with Gasteiger partial charge in [0.15, 0.2) is 11.5 Å². The highest BCUT2D eigenvalue weighted by molar-refractivity contribution is 5.79. The SMILES string of the molecule is COc1ccc(CNc2nc(-c3ccccc3)c(-c3n[nH]c(=O)cc3C(C)C)nc2C#N)cc1. The van der Waals surface area contributed by atoms with Gasteiger partial charge in [0, 0.05) is 18.2 Å². The summed E-state index contributed by atoms with van der Waals surface area (Å²) in [6, 6.07) is 20.9. The zero-order valence-corrected chi connectivity index (χ0v) is 19.2. The molecule has 8 nitrogen and oxygen atoms in total. The normalized spacial score (nSPS) is 10.7. The van der Waals surface area contributed by atoms with Gasteiger partial charge >= 0.3 is 0 Å². The van der Waals surface area contributed by atoms with Gasteiger partial charge < -0.3 is 10.1 Å². The third-order valence-corrected chi connectivity index (χ3v) is 5.35. The Morgan fingerprint density at radius 3 is 2.41 bits per heavy atom. The summed E-state index contributed by atoms with van der Waals surface area (Å²) < 4.78 is 5.21. The smallest absolute Gasteiger partial charge is 0.264 e. The molecule has 0 saturated carbocycles. The molecule has 0 saturated heterocycles. The second-order valence-electron chi connectivity index (χ2n) is 7.99. The van der Waals surface area contributed by atoms with Crippen LogP contribution in [0.25, 0.3) is 22.6 Å². The van der Waals surface area contributed by atoms with Crippen molar-refractivity contribution in [2.75, 3.05) is 12.4 Å². The number of benzene rings is 2. The average molecular weight is 453 g/mol. The summed E-state index contributed by atoms with van der Waals surface area (Å²) in [5.74, 6) is 1.16. The minimum absolute atomic E-state index is 0.0219. The molecular weight excluding hydrogens is 428 g/mol.